The second-order valence-electron chi connectivity index (χ2n) is 2.40. The van der Waals surface area contributed by atoms with Crippen LogP contribution in [0.4, 0.5) is 5.95 Å². The highest BCUT2D eigenvalue weighted by Crippen LogP contribution is 2.18. The van der Waals surface area contributed by atoms with Crippen LogP contribution in [0.15, 0.2) is 0 Å². The molecule has 2 heterocycles. The van der Waals surface area contributed by atoms with E-state index in [9.17, 15) is 0 Å². The number of halogens is 2. The minimum Gasteiger partial charge on any atom is -0.368 e. The Hall–Kier alpha value is 0.300. The van der Waals surface area contributed by atoms with Crippen molar-refractivity contribution < 1.29 is 0 Å². The van der Waals surface area contributed by atoms with Gasteiger partial charge in [0.25, 0.3) is 0 Å². The van der Waals surface area contributed by atoms with Gasteiger partial charge in [-0.1, -0.05) is 0 Å². The molecule has 0 fully saturated rings. The summed E-state index contributed by atoms with van der Waals surface area (Å²) in [5.41, 5.74) is 7.71. The third kappa shape index (κ3) is 1.79. The molecule has 0 saturated heterocycles. The number of hydrogen-bond acceptors (Lipinski definition) is 4. The summed E-state index contributed by atoms with van der Waals surface area (Å²) in [5.74, 6) is 0.372. The maximum Gasteiger partial charge on any atom is 0.221 e. The molecule has 2 rings (SSSR count). The smallest absolute Gasteiger partial charge is 0.221 e. The van der Waals surface area contributed by atoms with E-state index in [-0.39, 0.29) is 24.0 Å². The molecule has 1 aromatic rings. The largest absolute Gasteiger partial charge is 0.368 e. The second-order valence-corrected chi connectivity index (χ2v) is 3.42. The van der Waals surface area contributed by atoms with Gasteiger partial charge in [0.05, 0.1) is 5.69 Å². The number of fused-ring (bicyclic) bond motifs is 1. The fourth-order valence-corrected chi connectivity index (χ4v) is 1.89. The molecule has 3 N–H and O–H groups in total. The van der Waals surface area contributed by atoms with E-state index in [0.29, 0.717) is 5.95 Å². The normalized spacial score (nSPS) is 13.8. The Labute approximate surface area is 101 Å². The number of nitrogens with two attached hydrogens (primary N) is 1. The Kier molecular flexibility index (Phi) is 3.47. The van der Waals surface area contributed by atoms with Gasteiger partial charge in [0.15, 0.2) is 0 Å². The summed E-state index contributed by atoms with van der Waals surface area (Å²) in [6, 6.07) is 0. The van der Waals surface area contributed by atoms with Crippen molar-refractivity contribution in [1.29, 1.82) is 0 Å². The first-order valence-electron chi connectivity index (χ1n) is 3.29. The van der Waals surface area contributed by atoms with Crippen LogP contribution in [0.25, 0.3) is 0 Å². The summed E-state index contributed by atoms with van der Waals surface area (Å²) in [6.45, 7) is 1.69. The highest BCUT2D eigenvalue weighted by Gasteiger charge is 2.15. The fraction of sp³-hybridized carbons (Fsp3) is 0.333. The Morgan fingerprint density at radius 3 is 2.83 bits per heavy atom. The first-order valence-corrected chi connectivity index (χ1v) is 4.37. The molecule has 1 aliphatic rings. The third-order valence-corrected chi connectivity index (χ3v) is 2.55. The number of nitrogens with zero attached hydrogens (tertiary/aromatic N) is 2. The number of hydrogen-bond donors (Lipinski definition) is 2. The molecular weight excluding hydrogens is 382 g/mol. The summed E-state index contributed by atoms with van der Waals surface area (Å²) >= 11 is 2.18. The average Bonchev–Trinajstić information content (AvgIpc) is 2.34. The van der Waals surface area contributed by atoms with Crippen LogP contribution in [0.2, 0.25) is 0 Å². The van der Waals surface area contributed by atoms with Gasteiger partial charge in [-0.25, -0.2) is 9.97 Å². The van der Waals surface area contributed by atoms with E-state index in [1.54, 1.807) is 0 Å². The maximum absolute atomic E-state index is 5.48. The molecule has 0 spiro atoms. The van der Waals surface area contributed by atoms with Gasteiger partial charge in [-0.2, -0.15) is 0 Å². The Bertz CT molecular complexity index is 302. The summed E-state index contributed by atoms with van der Waals surface area (Å²) in [6.07, 6.45) is 0. The van der Waals surface area contributed by atoms with E-state index in [1.165, 1.54) is 5.56 Å². The van der Waals surface area contributed by atoms with Crippen LogP contribution in [-0.4, -0.2) is 9.97 Å². The molecule has 66 valence electrons. The molecular formula is C6H8I2N4. The number of rotatable bonds is 0. The van der Waals surface area contributed by atoms with E-state index in [1.807, 2.05) is 0 Å². The molecule has 6 heteroatoms. The number of aromatic nitrogens is 2. The SMILES string of the molecule is I.Nc1nc(I)c2c(n1)CNC2. The van der Waals surface area contributed by atoms with E-state index in [4.69, 9.17) is 5.73 Å². The van der Waals surface area contributed by atoms with Crippen LogP contribution in [-0.2, 0) is 13.1 Å². The maximum atomic E-state index is 5.48. The Balaban J connectivity index is 0.000000720. The highest BCUT2D eigenvalue weighted by atomic mass is 127. The van der Waals surface area contributed by atoms with E-state index >= 15 is 0 Å². The third-order valence-electron chi connectivity index (χ3n) is 1.65. The topological polar surface area (TPSA) is 63.8 Å². The molecule has 0 bridgehead atoms. The van der Waals surface area contributed by atoms with Crippen LogP contribution in [0.1, 0.15) is 11.3 Å². The lowest BCUT2D eigenvalue weighted by molar-refractivity contribution is 0.757. The van der Waals surface area contributed by atoms with Gasteiger partial charge in [-0.15, -0.1) is 24.0 Å². The lowest BCUT2D eigenvalue weighted by Gasteiger charge is -1.99. The molecule has 0 aromatic carbocycles. The molecule has 12 heavy (non-hydrogen) atoms. The van der Waals surface area contributed by atoms with Gasteiger partial charge in [0, 0.05) is 18.7 Å². The van der Waals surface area contributed by atoms with Gasteiger partial charge in [0.1, 0.15) is 3.70 Å². The quantitative estimate of drug-likeness (QED) is 0.511. The second kappa shape index (κ2) is 4.01. The standard InChI is InChI=1S/C6H7IN4.HI/c7-5-3-1-9-2-4(3)10-6(8)11-5;/h9H,1-2H2,(H2,8,10,11);1H. The number of anilines is 1. The lowest BCUT2D eigenvalue weighted by Crippen LogP contribution is -2.02. The molecule has 1 aliphatic heterocycles. The summed E-state index contributed by atoms with van der Waals surface area (Å²) in [4.78, 5) is 8.17. The van der Waals surface area contributed by atoms with Crippen molar-refractivity contribution in [2.75, 3.05) is 5.73 Å². The zero-order chi connectivity index (χ0) is 7.84. The molecule has 4 nitrogen and oxygen atoms in total. The predicted molar refractivity (Wildman–Crippen MR) is 65.1 cm³/mol. The molecule has 0 unspecified atom stereocenters. The summed E-state index contributed by atoms with van der Waals surface area (Å²) in [7, 11) is 0. The van der Waals surface area contributed by atoms with Gasteiger partial charge in [-0.3, -0.25) is 0 Å². The minimum atomic E-state index is 0. The van der Waals surface area contributed by atoms with E-state index in [2.05, 4.69) is 37.9 Å². The van der Waals surface area contributed by atoms with E-state index in [0.717, 1.165) is 22.5 Å². The van der Waals surface area contributed by atoms with Crippen LogP contribution >= 0.6 is 46.6 Å². The molecule has 0 aliphatic carbocycles. The minimum absolute atomic E-state index is 0. The van der Waals surface area contributed by atoms with Crippen LogP contribution in [0.5, 0.6) is 0 Å². The van der Waals surface area contributed by atoms with Crippen molar-refractivity contribution in [3.8, 4) is 0 Å². The van der Waals surface area contributed by atoms with Gasteiger partial charge in [0.2, 0.25) is 5.95 Å². The Morgan fingerprint density at radius 1 is 1.33 bits per heavy atom. The zero-order valence-electron chi connectivity index (χ0n) is 6.17. The Morgan fingerprint density at radius 2 is 2.08 bits per heavy atom. The summed E-state index contributed by atoms with van der Waals surface area (Å²) in [5, 5.41) is 3.19. The zero-order valence-corrected chi connectivity index (χ0v) is 10.7. The first-order chi connectivity index (χ1) is 5.27. The molecule has 0 amide bonds. The van der Waals surface area contributed by atoms with Gasteiger partial charge < -0.3 is 11.1 Å². The highest BCUT2D eigenvalue weighted by molar-refractivity contribution is 14.1. The van der Waals surface area contributed by atoms with Crippen molar-refractivity contribution in [3.63, 3.8) is 0 Å². The number of nitrogens with one attached hydrogen (secondary N) is 1. The van der Waals surface area contributed by atoms with Crippen LogP contribution in [0.3, 0.4) is 0 Å². The van der Waals surface area contributed by atoms with Crippen molar-refractivity contribution in [2.24, 2.45) is 0 Å². The van der Waals surface area contributed by atoms with Crippen molar-refractivity contribution in [3.05, 3.63) is 15.0 Å². The molecule has 0 radical (unpaired) electrons. The fourth-order valence-electron chi connectivity index (χ4n) is 1.14. The van der Waals surface area contributed by atoms with Crippen LogP contribution in [0, 0.1) is 3.70 Å². The first kappa shape index (κ1) is 10.4. The summed E-state index contributed by atoms with van der Waals surface area (Å²) < 4.78 is 0.968. The molecule has 0 atom stereocenters. The van der Waals surface area contributed by atoms with Crippen molar-refractivity contribution in [1.82, 2.24) is 15.3 Å². The van der Waals surface area contributed by atoms with Crippen molar-refractivity contribution in [2.45, 2.75) is 13.1 Å². The monoisotopic (exact) mass is 390 g/mol. The van der Waals surface area contributed by atoms with Crippen LogP contribution < -0.4 is 11.1 Å². The predicted octanol–water partition coefficient (Wildman–Crippen LogP) is 0.885. The lowest BCUT2D eigenvalue weighted by atomic mass is 10.3. The number of nitrogen functional groups attached to an aromatic ring is 1. The van der Waals surface area contributed by atoms with E-state index < -0.39 is 0 Å². The van der Waals surface area contributed by atoms with Gasteiger partial charge >= 0.3 is 0 Å². The van der Waals surface area contributed by atoms with Gasteiger partial charge in [-0.05, 0) is 22.6 Å². The molecule has 0 saturated carbocycles. The van der Waals surface area contributed by atoms with Crippen molar-refractivity contribution >= 4 is 52.5 Å². The molecule has 1 aromatic heterocycles. The average molecular weight is 390 g/mol.